The van der Waals surface area contributed by atoms with Gasteiger partial charge in [0.05, 0.1) is 12.7 Å². The van der Waals surface area contributed by atoms with Crippen LogP contribution in [0.4, 0.5) is 0 Å². The molecule has 0 spiro atoms. The Labute approximate surface area is 104 Å². The molecule has 2 nitrogen and oxygen atoms in total. The molecule has 1 unspecified atom stereocenters. The molecular weight excluding hydrogens is 210 g/mol. The molecule has 0 saturated carbocycles. The average Bonchev–Trinajstić information content (AvgIpc) is 2.39. The van der Waals surface area contributed by atoms with Gasteiger partial charge >= 0.3 is 0 Å². The molecular formula is C15H23NO. The van der Waals surface area contributed by atoms with Gasteiger partial charge in [0.15, 0.2) is 0 Å². The van der Waals surface area contributed by atoms with E-state index in [4.69, 9.17) is 4.74 Å². The number of nitrogens with one attached hydrogen (secondary N) is 1. The molecule has 1 aliphatic rings. The van der Waals surface area contributed by atoms with Gasteiger partial charge in [-0.25, -0.2) is 0 Å². The van der Waals surface area contributed by atoms with Crippen molar-refractivity contribution >= 4 is 0 Å². The van der Waals surface area contributed by atoms with Crippen molar-refractivity contribution < 1.29 is 4.74 Å². The molecule has 2 rings (SSSR count). The highest BCUT2D eigenvalue weighted by Gasteiger charge is 2.19. The highest BCUT2D eigenvalue weighted by atomic mass is 16.5. The van der Waals surface area contributed by atoms with Gasteiger partial charge in [0, 0.05) is 6.54 Å². The lowest BCUT2D eigenvalue weighted by atomic mass is 9.89. The fourth-order valence-corrected chi connectivity index (χ4v) is 2.46. The summed E-state index contributed by atoms with van der Waals surface area (Å²) >= 11 is 0. The number of fused-ring (bicyclic) bond motifs is 1. The number of benzene rings is 1. The maximum atomic E-state index is 5.99. The Morgan fingerprint density at radius 3 is 3.06 bits per heavy atom. The average molecular weight is 233 g/mol. The first-order valence-corrected chi connectivity index (χ1v) is 6.82. The fourth-order valence-electron chi connectivity index (χ4n) is 2.46. The number of hydrogen-bond acceptors (Lipinski definition) is 2. The van der Waals surface area contributed by atoms with Gasteiger partial charge in [-0.05, 0) is 43.4 Å². The molecule has 0 bridgehead atoms. The molecule has 0 aromatic heterocycles. The van der Waals surface area contributed by atoms with Gasteiger partial charge in [-0.15, -0.1) is 0 Å². The van der Waals surface area contributed by atoms with E-state index in [1.165, 1.54) is 36.8 Å². The first kappa shape index (κ1) is 12.6. The van der Waals surface area contributed by atoms with Crippen molar-refractivity contribution in [1.82, 2.24) is 5.32 Å². The van der Waals surface area contributed by atoms with E-state index in [2.05, 4.69) is 36.5 Å². The summed E-state index contributed by atoms with van der Waals surface area (Å²) in [6, 6.07) is 8.71. The summed E-state index contributed by atoms with van der Waals surface area (Å²) in [6.45, 7) is 5.06. The van der Waals surface area contributed by atoms with E-state index in [9.17, 15) is 0 Å². The first-order chi connectivity index (χ1) is 8.42. The molecule has 0 amide bonds. The highest BCUT2D eigenvalue weighted by molar-refractivity contribution is 5.31. The maximum absolute atomic E-state index is 5.99. The van der Waals surface area contributed by atoms with Crippen LogP contribution in [0, 0.1) is 0 Å². The Kier molecular flexibility index (Phi) is 5.02. The largest absolute Gasteiger partial charge is 0.372 e. The highest BCUT2D eigenvalue weighted by Crippen LogP contribution is 2.31. The molecule has 17 heavy (non-hydrogen) atoms. The van der Waals surface area contributed by atoms with Crippen molar-refractivity contribution in [1.29, 1.82) is 0 Å². The fraction of sp³-hybridized carbons (Fsp3) is 0.600. The Hall–Kier alpha value is -0.860. The summed E-state index contributed by atoms with van der Waals surface area (Å²) in [6.07, 6.45) is 5.15. The lowest BCUT2D eigenvalue weighted by Crippen LogP contribution is -2.22. The summed E-state index contributed by atoms with van der Waals surface area (Å²) in [7, 11) is 0. The van der Waals surface area contributed by atoms with E-state index in [0.29, 0.717) is 6.10 Å². The van der Waals surface area contributed by atoms with Crippen LogP contribution in [0.2, 0.25) is 0 Å². The van der Waals surface area contributed by atoms with E-state index in [-0.39, 0.29) is 0 Å². The molecule has 1 aromatic rings. The quantitative estimate of drug-likeness (QED) is 0.762. The predicted octanol–water partition coefficient (Wildman–Crippen LogP) is 3.08. The van der Waals surface area contributed by atoms with Crippen LogP contribution in [0.3, 0.4) is 0 Å². The molecule has 1 atom stereocenters. The Morgan fingerprint density at radius 2 is 2.18 bits per heavy atom. The maximum Gasteiger partial charge on any atom is 0.0828 e. The van der Waals surface area contributed by atoms with Gasteiger partial charge in [-0.1, -0.05) is 31.2 Å². The molecule has 94 valence electrons. The molecule has 1 N–H and O–H groups in total. The zero-order valence-electron chi connectivity index (χ0n) is 10.7. The second-order valence-electron chi connectivity index (χ2n) is 4.70. The molecule has 0 aliphatic heterocycles. The lowest BCUT2D eigenvalue weighted by Gasteiger charge is -2.25. The second-order valence-corrected chi connectivity index (χ2v) is 4.70. The smallest absolute Gasteiger partial charge is 0.0828 e. The number of ether oxygens (including phenoxy) is 1. The van der Waals surface area contributed by atoms with Crippen molar-refractivity contribution in [3.63, 3.8) is 0 Å². The predicted molar refractivity (Wildman–Crippen MR) is 71.2 cm³/mol. The van der Waals surface area contributed by atoms with Crippen LogP contribution in [-0.2, 0) is 11.2 Å². The Bertz CT molecular complexity index is 337. The van der Waals surface area contributed by atoms with Crippen molar-refractivity contribution in [3.8, 4) is 0 Å². The molecule has 1 aliphatic carbocycles. The molecule has 0 heterocycles. The topological polar surface area (TPSA) is 21.3 Å². The third kappa shape index (κ3) is 3.55. The summed E-state index contributed by atoms with van der Waals surface area (Å²) in [5.74, 6) is 0. The van der Waals surface area contributed by atoms with Crippen LogP contribution >= 0.6 is 0 Å². The van der Waals surface area contributed by atoms with E-state index < -0.39 is 0 Å². The number of hydrogen-bond donors (Lipinski definition) is 1. The third-order valence-electron chi connectivity index (χ3n) is 3.34. The molecule has 0 fully saturated rings. The van der Waals surface area contributed by atoms with Crippen LogP contribution < -0.4 is 5.32 Å². The van der Waals surface area contributed by atoms with E-state index in [1.807, 2.05) is 0 Å². The number of aryl methyl sites for hydroxylation is 1. The zero-order chi connectivity index (χ0) is 11.9. The van der Waals surface area contributed by atoms with E-state index in [1.54, 1.807) is 0 Å². The van der Waals surface area contributed by atoms with Crippen LogP contribution in [0.25, 0.3) is 0 Å². The minimum Gasteiger partial charge on any atom is -0.372 e. The van der Waals surface area contributed by atoms with Gasteiger partial charge in [0.1, 0.15) is 0 Å². The molecule has 0 radical (unpaired) electrons. The van der Waals surface area contributed by atoms with Crippen LogP contribution in [0.15, 0.2) is 24.3 Å². The van der Waals surface area contributed by atoms with Gasteiger partial charge in [0.25, 0.3) is 0 Å². The lowest BCUT2D eigenvalue weighted by molar-refractivity contribution is 0.0427. The van der Waals surface area contributed by atoms with E-state index >= 15 is 0 Å². The monoisotopic (exact) mass is 233 g/mol. The van der Waals surface area contributed by atoms with Gasteiger partial charge in [-0.3, -0.25) is 0 Å². The SMILES string of the molecule is CCCNCCOC1CCCc2ccccc21. The Balaban J connectivity index is 1.82. The standard InChI is InChI=1S/C15H23NO/c1-2-10-16-11-12-17-15-9-5-7-13-6-3-4-8-14(13)15/h3-4,6,8,15-16H,2,5,7,9-12H2,1H3. The first-order valence-electron chi connectivity index (χ1n) is 6.82. The summed E-state index contributed by atoms with van der Waals surface area (Å²) < 4.78 is 5.99. The summed E-state index contributed by atoms with van der Waals surface area (Å²) in [5.41, 5.74) is 2.89. The van der Waals surface area contributed by atoms with Crippen molar-refractivity contribution in [3.05, 3.63) is 35.4 Å². The zero-order valence-corrected chi connectivity index (χ0v) is 10.7. The second kappa shape index (κ2) is 6.77. The third-order valence-corrected chi connectivity index (χ3v) is 3.34. The minimum atomic E-state index is 0.323. The normalized spacial score (nSPS) is 19.0. The van der Waals surface area contributed by atoms with Gasteiger partial charge in [0.2, 0.25) is 0 Å². The van der Waals surface area contributed by atoms with Crippen LogP contribution in [0.5, 0.6) is 0 Å². The molecule has 0 saturated heterocycles. The van der Waals surface area contributed by atoms with Crippen LogP contribution in [-0.4, -0.2) is 19.7 Å². The minimum absolute atomic E-state index is 0.323. The Morgan fingerprint density at radius 1 is 1.29 bits per heavy atom. The van der Waals surface area contributed by atoms with Crippen molar-refractivity contribution in [2.24, 2.45) is 0 Å². The summed E-state index contributed by atoms with van der Waals surface area (Å²) in [5, 5.41) is 3.37. The van der Waals surface area contributed by atoms with Crippen molar-refractivity contribution in [2.75, 3.05) is 19.7 Å². The number of rotatable bonds is 6. The molecule has 2 heteroatoms. The summed E-state index contributed by atoms with van der Waals surface area (Å²) in [4.78, 5) is 0. The van der Waals surface area contributed by atoms with Crippen molar-refractivity contribution in [2.45, 2.75) is 38.7 Å². The molecule has 1 aromatic carbocycles. The van der Waals surface area contributed by atoms with Crippen LogP contribution in [0.1, 0.15) is 43.4 Å². The van der Waals surface area contributed by atoms with Gasteiger partial charge in [-0.2, -0.15) is 0 Å². The van der Waals surface area contributed by atoms with E-state index in [0.717, 1.165) is 19.7 Å². The van der Waals surface area contributed by atoms with Gasteiger partial charge < -0.3 is 10.1 Å².